The molecule has 1 heterocycles. The molecule has 0 spiro atoms. The lowest BCUT2D eigenvalue weighted by atomic mass is 9.98. The minimum Gasteiger partial charge on any atom is -0.381 e. The van der Waals surface area contributed by atoms with Crippen LogP contribution in [0.5, 0.6) is 0 Å². The molecule has 0 amide bonds. The number of nitrogens with zero attached hydrogens (tertiary/aromatic N) is 1. The van der Waals surface area contributed by atoms with Gasteiger partial charge in [-0.3, -0.25) is 0 Å². The van der Waals surface area contributed by atoms with Crippen molar-refractivity contribution in [3.63, 3.8) is 0 Å². The Balaban J connectivity index is 2.36. The van der Waals surface area contributed by atoms with Crippen LogP contribution in [0.15, 0.2) is 0 Å². The standard InChI is InChI=1S/C12H26N2O/c1-4-7-14(5-2)9-12(13-3)11-6-8-15-10-11/h11-13H,4-10H2,1-3H3. The van der Waals surface area contributed by atoms with Crippen LogP contribution in [-0.4, -0.2) is 50.8 Å². The Morgan fingerprint density at radius 1 is 1.47 bits per heavy atom. The SMILES string of the molecule is CCCN(CC)CC(NC)C1CCOC1. The van der Waals surface area contributed by atoms with E-state index < -0.39 is 0 Å². The molecule has 0 aromatic heterocycles. The van der Waals surface area contributed by atoms with Gasteiger partial charge in [0.05, 0.1) is 6.61 Å². The number of hydrogen-bond acceptors (Lipinski definition) is 3. The van der Waals surface area contributed by atoms with Gasteiger partial charge in [-0.05, 0) is 33.0 Å². The summed E-state index contributed by atoms with van der Waals surface area (Å²) in [5.74, 6) is 0.709. The molecule has 1 aliphatic rings. The van der Waals surface area contributed by atoms with Crippen molar-refractivity contribution < 1.29 is 4.74 Å². The molecule has 90 valence electrons. The van der Waals surface area contributed by atoms with E-state index in [0.29, 0.717) is 12.0 Å². The van der Waals surface area contributed by atoms with Crippen LogP contribution in [0.4, 0.5) is 0 Å². The molecular formula is C12H26N2O. The van der Waals surface area contributed by atoms with E-state index in [1.807, 2.05) is 0 Å². The van der Waals surface area contributed by atoms with E-state index >= 15 is 0 Å². The molecule has 1 saturated heterocycles. The second-order valence-electron chi connectivity index (χ2n) is 4.41. The number of hydrogen-bond donors (Lipinski definition) is 1. The lowest BCUT2D eigenvalue weighted by Gasteiger charge is -2.29. The molecule has 3 nitrogen and oxygen atoms in total. The first-order chi connectivity index (χ1) is 7.31. The van der Waals surface area contributed by atoms with Gasteiger partial charge in [0.2, 0.25) is 0 Å². The summed E-state index contributed by atoms with van der Waals surface area (Å²) in [6.07, 6.45) is 2.46. The minimum atomic E-state index is 0.596. The Labute approximate surface area is 94.2 Å². The minimum absolute atomic E-state index is 0.596. The van der Waals surface area contributed by atoms with Gasteiger partial charge in [0.25, 0.3) is 0 Å². The molecule has 2 unspecified atom stereocenters. The molecule has 1 aliphatic heterocycles. The Morgan fingerprint density at radius 2 is 2.27 bits per heavy atom. The fourth-order valence-electron chi connectivity index (χ4n) is 2.32. The Morgan fingerprint density at radius 3 is 2.73 bits per heavy atom. The lowest BCUT2D eigenvalue weighted by molar-refractivity contribution is 0.164. The zero-order valence-electron chi connectivity index (χ0n) is 10.5. The number of ether oxygens (including phenoxy) is 1. The van der Waals surface area contributed by atoms with E-state index in [1.165, 1.54) is 19.4 Å². The van der Waals surface area contributed by atoms with E-state index in [9.17, 15) is 0 Å². The van der Waals surface area contributed by atoms with Crippen LogP contribution >= 0.6 is 0 Å². The fraction of sp³-hybridized carbons (Fsp3) is 1.00. The van der Waals surface area contributed by atoms with Crippen LogP contribution in [0.3, 0.4) is 0 Å². The molecule has 0 bridgehead atoms. The van der Waals surface area contributed by atoms with Crippen LogP contribution in [0.25, 0.3) is 0 Å². The quantitative estimate of drug-likeness (QED) is 0.692. The molecule has 1 rings (SSSR count). The smallest absolute Gasteiger partial charge is 0.0510 e. The van der Waals surface area contributed by atoms with Crippen molar-refractivity contribution in [2.75, 3.05) is 39.9 Å². The molecule has 0 saturated carbocycles. The highest BCUT2D eigenvalue weighted by Crippen LogP contribution is 2.17. The molecule has 15 heavy (non-hydrogen) atoms. The zero-order chi connectivity index (χ0) is 11.1. The summed E-state index contributed by atoms with van der Waals surface area (Å²) in [6, 6.07) is 0.596. The predicted octanol–water partition coefficient (Wildman–Crippen LogP) is 1.34. The van der Waals surface area contributed by atoms with Gasteiger partial charge in [-0.2, -0.15) is 0 Å². The average molecular weight is 214 g/mol. The third kappa shape index (κ3) is 4.09. The van der Waals surface area contributed by atoms with Crippen molar-refractivity contribution in [3.05, 3.63) is 0 Å². The molecule has 0 aromatic rings. The van der Waals surface area contributed by atoms with E-state index in [1.54, 1.807) is 0 Å². The Kier molecular flexibility index (Phi) is 6.22. The van der Waals surface area contributed by atoms with E-state index in [-0.39, 0.29) is 0 Å². The Bertz CT molecular complexity index is 158. The monoisotopic (exact) mass is 214 g/mol. The van der Waals surface area contributed by atoms with Crippen LogP contribution in [0, 0.1) is 5.92 Å². The first kappa shape index (κ1) is 12.9. The summed E-state index contributed by atoms with van der Waals surface area (Å²) in [5.41, 5.74) is 0. The third-order valence-electron chi connectivity index (χ3n) is 3.35. The number of rotatable bonds is 7. The number of likely N-dealkylation sites (N-methyl/N-ethyl adjacent to an activating group) is 2. The van der Waals surface area contributed by atoms with Crippen molar-refractivity contribution in [2.24, 2.45) is 5.92 Å². The van der Waals surface area contributed by atoms with Gasteiger partial charge in [-0.15, -0.1) is 0 Å². The van der Waals surface area contributed by atoms with E-state index in [4.69, 9.17) is 4.74 Å². The van der Waals surface area contributed by atoms with Gasteiger partial charge in [0.15, 0.2) is 0 Å². The molecule has 2 atom stereocenters. The zero-order valence-corrected chi connectivity index (χ0v) is 10.5. The maximum absolute atomic E-state index is 5.46. The van der Waals surface area contributed by atoms with Gasteiger partial charge in [-0.1, -0.05) is 13.8 Å². The third-order valence-corrected chi connectivity index (χ3v) is 3.35. The van der Waals surface area contributed by atoms with Gasteiger partial charge >= 0.3 is 0 Å². The van der Waals surface area contributed by atoms with Crippen LogP contribution < -0.4 is 5.32 Å². The Hall–Kier alpha value is -0.120. The van der Waals surface area contributed by atoms with Gasteiger partial charge in [0, 0.05) is 25.1 Å². The summed E-state index contributed by atoms with van der Waals surface area (Å²) < 4.78 is 5.46. The van der Waals surface area contributed by atoms with E-state index in [2.05, 4.69) is 31.1 Å². The second-order valence-corrected chi connectivity index (χ2v) is 4.41. The average Bonchev–Trinajstić information content (AvgIpc) is 2.77. The number of nitrogens with one attached hydrogen (secondary N) is 1. The van der Waals surface area contributed by atoms with Crippen molar-refractivity contribution >= 4 is 0 Å². The van der Waals surface area contributed by atoms with Crippen LogP contribution in [-0.2, 0) is 4.74 Å². The van der Waals surface area contributed by atoms with Crippen molar-refractivity contribution in [1.82, 2.24) is 10.2 Å². The van der Waals surface area contributed by atoms with Crippen molar-refractivity contribution in [3.8, 4) is 0 Å². The lowest BCUT2D eigenvalue weighted by Crippen LogP contribution is -2.44. The normalized spacial score (nSPS) is 23.6. The molecule has 0 aromatic carbocycles. The summed E-state index contributed by atoms with van der Waals surface area (Å²) in [6.45, 7) is 9.90. The maximum Gasteiger partial charge on any atom is 0.0510 e. The fourth-order valence-corrected chi connectivity index (χ4v) is 2.32. The van der Waals surface area contributed by atoms with Crippen molar-refractivity contribution in [2.45, 2.75) is 32.7 Å². The van der Waals surface area contributed by atoms with Crippen LogP contribution in [0.1, 0.15) is 26.7 Å². The van der Waals surface area contributed by atoms with Gasteiger partial charge in [-0.25, -0.2) is 0 Å². The maximum atomic E-state index is 5.46. The summed E-state index contributed by atoms with van der Waals surface area (Å²) in [5, 5.41) is 3.45. The second kappa shape index (κ2) is 7.20. The predicted molar refractivity (Wildman–Crippen MR) is 64.2 cm³/mol. The van der Waals surface area contributed by atoms with Crippen molar-refractivity contribution in [1.29, 1.82) is 0 Å². The molecule has 0 aliphatic carbocycles. The first-order valence-corrected chi connectivity index (χ1v) is 6.29. The topological polar surface area (TPSA) is 24.5 Å². The molecule has 1 fully saturated rings. The summed E-state index contributed by atoms with van der Waals surface area (Å²) in [4.78, 5) is 2.53. The highest BCUT2D eigenvalue weighted by Gasteiger charge is 2.25. The van der Waals surface area contributed by atoms with E-state index in [0.717, 1.165) is 26.3 Å². The highest BCUT2D eigenvalue weighted by molar-refractivity contribution is 4.81. The van der Waals surface area contributed by atoms with Gasteiger partial charge in [0.1, 0.15) is 0 Å². The molecule has 1 N–H and O–H groups in total. The molecular weight excluding hydrogens is 188 g/mol. The highest BCUT2D eigenvalue weighted by atomic mass is 16.5. The van der Waals surface area contributed by atoms with Gasteiger partial charge < -0.3 is 15.0 Å². The summed E-state index contributed by atoms with van der Waals surface area (Å²) in [7, 11) is 2.07. The first-order valence-electron chi connectivity index (χ1n) is 6.29. The molecule has 3 heteroatoms. The molecule has 0 radical (unpaired) electrons. The van der Waals surface area contributed by atoms with Crippen LogP contribution in [0.2, 0.25) is 0 Å². The summed E-state index contributed by atoms with van der Waals surface area (Å²) >= 11 is 0. The largest absolute Gasteiger partial charge is 0.381 e.